The Bertz CT molecular complexity index is 1510. The Hall–Kier alpha value is -3.36. The number of nitrogens with zero attached hydrogens (tertiary/aromatic N) is 6. The maximum atomic E-state index is 13.7. The van der Waals surface area contributed by atoms with Gasteiger partial charge in [-0.3, -0.25) is 9.52 Å². The summed E-state index contributed by atoms with van der Waals surface area (Å²) >= 11 is 6.19. The summed E-state index contributed by atoms with van der Waals surface area (Å²) in [7, 11) is -3.59. The molecule has 2 atom stereocenters. The zero-order chi connectivity index (χ0) is 26.3. The first-order chi connectivity index (χ1) is 17.6. The van der Waals surface area contributed by atoms with E-state index in [1.807, 2.05) is 19.2 Å². The summed E-state index contributed by atoms with van der Waals surface area (Å²) in [6, 6.07) is 8.51. The number of carbonyl (C=O) groups is 1. The highest BCUT2D eigenvalue weighted by atomic mass is 35.5. The van der Waals surface area contributed by atoms with Crippen LogP contribution in [0.5, 0.6) is 0 Å². The number of halogens is 1. The zero-order valence-corrected chi connectivity index (χ0v) is 22.3. The Morgan fingerprint density at radius 3 is 2.76 bits per heavy atom. The number of anilines is 2. The second-order valence-corrected chi connectivity index (χ2v) is 11.9. The largest absolute Gasteiger partial charge is 0.355 e. The van der Waals surface area contributed by atoms with Crippen molar-refractivity contribution in [2.24, 2.45) is 5.92 Å². The number of amides is 1. The van der Waals surface area contributed by atoms with Crippen molar-refractivity contribution in [1.29, 1.82) is 5.26 Å². The van der Waals surface area contributed by atoms with Crippen molar-refractivity contribution in [2.75, 3.05) is 35.5 Å². The molecular formula is C25H28ClN7O3S. The zero-order valence-electron chi connectivity index (χ0n) is 20.7. The molecule has 1 amide bonds. The summed E-state index contributed by atoms with van der Waals surface area (Å²) in [6.07, 6.45) is 6.30. The number of fused-ring (bicyclic) bond motifs is 1. The highest BCUT2D eigenvalue weighted by Crippen LogP contribution is 2.34. The minimum atomic E-state index is -3.59. The number of hydrogen-bond donors (Lipinski definition) is 1. The molecule has 194 valence electrons. The summed E-state index contributed by atoms with van der Waals surface area (Å²) in [6.45, 7) is 3.95. The Balaban J connectivity index is 1.48. The number of piperidine rings is 1. The molecular weight excluding hydrogens is 514 g/mol. The van der Waals surface area contributed by atoms with Crippen LogP contribution in [0.1, 0.15) is 53.3 Å². The molecule has 2 aliphatic rings. The van der Waals surface area contributed by atoms with Crippen LogP contribution in [-0.4, -0.2) is 59.7 Å². The van der Waals surface area contributed by atoms with Crippen LogP contribution in [0, 0.1) is 24.2 Å². The number of hydrogen-bond acceptors (Lipinski definition) is 7. The van der Waals surface area contributed by atoms with Crippen LogP contribution in [0.2, 0.25) is 5.02 Å². The first-order valence-corrected chi connectivity index (χ1v) is 14.5. The fourth-order valence-corrected chi connectivity index (χ4v) is 5.93. The van der Waals surface area contributed by atoms with E-state index in [9.17, 15) is 18.5 Å². The fourth-order valence-electron chi connectivity index (χ4n) is 5.18. The average Bonchev–Trinajstić information content (AvgIpc) is 3.50. The van der Waals surface area contributed by atoms with E-state index in [1.54, 1.807) is 15.5 Å². The van der Waals surface area contributed by atoms with Gasteiger partial charge in [-0.15, -0.1) is 0 Å². The molecule has 2 fully saturated rings. The Kier molecular flexibility index (Phi) is 6.72. The average molecular weight is 542 g/mol. The van der Waals surface area contributed by atoms with Gasteiger partial charge in [-0.25, -0.2) is 17.9 Å². The number of sulfonamides is 1. The molecule has 1 aromatic carbocycles. The second-order valence-electron chi connectivity index (χ2n) is 9.75. The lowest BCUT2D eigenvalue weighted by atomic mass is 9.98. The lowest BCUT2D eigenvalue weighted by molar-refractivity contribution is 0.0607. The number of nitrogens with one attached hydrogen (secondary N) is 1. The standard InChI is InChI=1S/C25H28ClN7O3S/c1-16-14-33-23(28-24(16)31-10-8-17(13-27)15-31)12-21(29-33)22-5-3-4-9-32(22)25(34)19-11-18(26)6-7-20(19)30-37(2,35)36/h6-7,11-12,14,17,22,30H,3-5,8-10,15H2,1-2H3/t17-,22+/m1/s1. The lowest BCUT2D eigenvalue weighted by Gasteiger charge is -2.35. The molecule has 0 bridgehead atoms. The lowest BCUT2D eigenvalue weighted by Crippen LogP contribution is -2.39. The Morgan fingerprint density at radius 1 is 1.22 bits per heavy atom. The molecule has 10 nitrogen and oxygen atoms in total. The van der Waals surface area contributed by atoms with Gasteiger partial charge in [0, 0.05) is 42.5 Å². The predicted octanol–water partition coefficient (Wildman–Crippen LogP) is 3.78. The monoisotopic (exact) mass is 541 g/mol. The minimum absolute atomic E-state index is 0.00766. The van der Waals surface area contributed by atoms with Crippen LogP contribution in [0.15, 0.2) is 30.5 Å². The molecule has 2 aliphatic heterocycles. The molecule has 0 spiro atoms. The van der Waals surface area contributed by atoms with Gasteiger partial charge in [-0.2, -0.15) is 10.4 Å². The molecule has 3 aromatic rings. The van der Waals surface area contributed by atoms with Crippen molar-refractivity contribution in [3.05, 3.63) is 52.3 Å². The molecule has 1 N–H and O–H groups in total. The van der Waals surface area contributed by atoms with Gasteiger partial charge in [-0.05, 0) is 50.8 Å². The normalized spacial score (nSPS) is 20.3. The molecule has 12 heteroatoms. The molecule has 4 heterocycles. The van der Waals surface area contributed by atoms with E-state index in [0.717, 1.165) is 55.6 Å². The summed E-state index contributed by atoms with van der Waals surface area (Å²) in [5.41, 5.74) is 2.77. The molecule has 5 rings (SSSR count). The topological polar surface area (TPSA) is 124 Å². The van der Waals surface area contributed by atoms with Crippen LogP contribution in [-0.2, 0) is 10.0 Å². The van der Waals surface area contributed by atoms with Gasteiger partial charge in [0.1, 0.15) is 5.82 Å². The number of aryl methyl sites for hydroxylation is 1. The van der Waals surface area contributed by atoms with Crippen LogP contribution in [0.3, 0.4) is 0 Å². The summed E-state index contributed by atoms with van der Waals surface area (Å²) in [5.74, 6) is 0.553. The molecule has 0 unspecified atom stereocenters. The maximum absolute atomic E-state index is 13.7. The number of likely N-dealkylation sites (tertiary alicyclic amines) is 1. The van der Waals surface area contributed by atoms with Crippen molar-refractivity contribution in [2.45, 2.75) is 38.6 Å². The van der Waals surface area contributed by atoms with Gasteiger partial charge in [-0.1, -0.05) is 11.6 Å². The van der Waals surface area contributed by atoms with Crippen LogP contribution in [0.25, 0.3) is 5.65 Å². The van der Waals surface area contributed by atoms with Gasteiger partial charge >= 0.3 is 0 Å². The van der Waals surface area contributed by atoms with E-state index in [4.69, 9.17) is 21.7 Å². The van der Waals surface area contributed by atoms with Crippen molar-refractivity contribution >= 4 is 44.7 Å². The van der Waals surface area contributed by atoms with Crippen LogP contribution < -0.4 is 9.62 Å². The van der Waals surface area contributed by atoms with Gasteiger partial charge in [0.15, 0.2) is 5.65 Å². The van der Waals surface area contributed by atoms with Crippen LogP contribution >= 0.6 is 11.6 Å². The fraction of sp³-hybridized carbons (Fsp3) is 0.440. The first kappa shape index (κ1) is 25.3. The number of aromatic nitrogens is 3. The Labute approximate surface area is 220 Å². The van der Waals surface area contributed by atoms with E-state index in [2.05, 4.69) is 15.7 Å². The third kappa shape index (κ3) is 5.22. The van der Waals surface area contributed by atoms with E-state index < -0.39 is 10.0 Å². The number of carbonyl (C=O) groups excluding carboxylic acids is 1. The SMILES string of the molecule is Cc1cn2nc([C@@H]3CCCCN3C(=O)c3cc(Cl)ccc3NS(C)(=O)=O)cc2nc1N1CC[C@H](C#N)C1. The van der Waals surface area contributed by atoms with E-state index >= 15 is 0 Å². The van der Waals surface area contributed by atoms with Gasteiger partial charge in [0.25, 0.3) is 5.91 Å². The molecule has 0 radical (unpaired) electrons. The quantitative estimate of drug-likeness (QED) is 0.521. The predicted molar refractivity (Wildman–Crippen MR) is 141 cm³/mol. The maximum Gasteiger partial charge on any atom is 0.256 e. The van der Waals surface area contributed by atoms with E-state index in [1.165, 1.54) is 12.1 Å². The van der Waals surface area contributed by atoms with Crippen molar-refractivity contribution in [1.82, 2.24) is 19.5 Å². The minimum Gasteiger partial charge on any atom is -0.355 e. The summed E-state index contributed by atoms with van der Waals surface area (Å²) in [4.78, 5) is 22.5. The van der Waals surface area contributed by atoms with Crippen molar-refractivity contribution in [3.63, 3.8) is 0 Å². The molecule has 2 aromatic heterocycles. The van der Waals surface area contributed by atoms with Gasteiger partial charge in [0.05, 0.1) is 41.2 Å². The third-order valence-corrected chi connectivity index (χ3v) is 7.73. The number of benzene rings is 1. The van der Waals surface area contributed by atoms with E-state index in [0.29, 0.717) is 23.8 Å². The molecule has 0 saturated carbocycles. The highest BCUT2D eigenvalue weighted by Gasteiger charge is 2.32. The van der Waals surface area contributed by atoms with Crippen molar-refractivity contribution < 1.29 is 13.2 Å². The molecule has 0 aliphatic carbocycles. The van der Waals surface area contributed by atoms with Gasteiger partial charge in [0.2, 0.25) is 10.0 Å². The number of nitriles is 1. The summed E-state index contributed by atoms with van der Waals surface area (Å²) in [5, 5.41) is 14.4. The van der Waals surface area contributed by atoms with Crippen molar-refractivity contribution in [3.8, 4) is 6.07 Å². The van der Waals surface area contributed by atoms with Crippen LogP contribution in [0.4, 0.5) is 11.5 Å². The number of rotatable bonds is 5. The summed E-state index contributed by atoms with van der Waals surface area (Å²) < 4.78 is 28.0. The molecule has 2 saturated heterocycles. The van der Waals surface area contributed by atoms with Gasteiger partial charge < -0.3 is 9.80 Å². The first-order valence-electron chi connectivity index (χ1n) is 12.2. The Morgan fingerprint density at radius 2 is 2.03 bits per heavy atom. The third-order valence-electron chi connectivity index (χ3n) is 6.91. The van der Waals surface area contributed by atoms with E-state index in [-0.39, 0.29) is 29.1 Å². The second kappa shape index (κ2) is 9.84. The smallest absolute Gasteiger partial charge is 0.256 e. The molecule has 37 heavy (non-hydrogen) atoms. The highest BCUT2D eigenvalue weighted by molar-refractivity contribution is 7.92.